The smallest absolute Gasteiger partial charge is 0.172 e. The molecule has 0 aromatic carbocycles. The van der Waals surface area contributed by atoms with Crippen LogP contribution in [0.5, 0.6) is 0 Å². The highest BCUT2D eigenvalue weighted by molar-refractivity contribution is 5.23. The Bertz CT molecular complexity index is 541. The van der Waals surface area contributed by atoms with Crippen molar-refractivity contribution in [2.24, 2.45) is 23.2 Å². The summed E-state index contributed by atoms with van der Waals surface area (Å²) < 4.78 is 11.9. The first-order valence-corrected chi connectivity index (χ1v) is 10.1. The first kappa shape index (κ1) is 15.8. The van der Waals surface area contributed by atoms with Crippen molar-refractivity contribution < 1.29 is 14.6 Å². The standard InChI is InChI=1S/C20H31NO3/c1-2-19-12-21-18-14-7-8-20(23-9-10-24-20)11-13(14)3-4-15(18)16(19)5-6-17(19)22/h3,14-18,21-22H,2,4-12H2,1H3/t14?,15?,16?,17?,18?,19-/m0/s1. The van der Waals surface area contributed by atoms with Crippen molar-refractivity contribution >= 4 is 0 Å². The minimum Gasteiger partial charge on any atom is -0.392 e. The van der Waals surface area contributed by atoms with E-state index in [9.17, 15) is 5.11 Å². The van der Waals surface area contributed by atoms with E-state index in [4.69, 9.17) is 9.47 Å². The summed E-state index contributed by atoms with van der Waals surface area (Å²) in [7, 11) is 0. The first-order chi connectivity index (χ1) is 11.7. The van der Waals surface area contributed by atoms with E-state index in [1.807, 2.05) is 0 Å². The molecule has 2 N–H and O–H groups in total. The van der Waals surface area contributed by atoms with Gasteiger partial charge in [0, 0.05) is 30.8 Å². The molecule has 1 spiro atoms. The van der Waals surface area contributed by atoms with E-state index in [2.05, 4.69) is 18.3 Å². The largest absolute Gasteiger partial charge is 0.392 e. The molecule has 5 unspecified atom stereocenters. The van der Waals surface area contributed by atoms with Gasteiger partial charge in [0.25, 0.3) is 0 Å². The minimum absolute atomic E-state index is 0.110. The monoisotopic (exact) mass is 333 g/mol. The zero-order chi connectivity index (χ0) is 16.4. The summed E-state index contributed by atoms with van der Waals surface area (Å²) in [6.45, 7) is 4.77. The van der Waals surface area contributed by atoms with Gasteiger partial charge in [0.2, 0.25) is 0 Å². The van der Waals surface area contributed by atoms with E-state index < -0.39 is 0 Å². The van der Waals surface area contributed by atoms with Crippen molar-refractivity contribution in [3.8, 4) is 0 Å². The third kappa shape index (κ3) is 2.06. The van der Waals surface area contributed by atoms with Gasteiger partial charge >= 0.3 is 0 Å². The summed E-state index contributed by atoms with van der Waals surface area (Å²) >= 11 is 0. The van der Waals surface area contributed by atoms with E-state index in [0.29, 0.717) is 23.8 Å². The summed E-state index contributed by atoms with van der Waals surface area (Å²) in [6, 6.07) is 0.596. The SMILES string of the molecule is CC[C@]12CNC3C4CCC5(CC4=CCC3C1CCC2O)OCCO5. The zero-order valence-electron chi connectivity index (χ0n) is 14.8. The number of aliphatic hydroxyl groups is 1. The third-order valence-corrected chi connectivity index (χ3v) is 8.14. The molecular weight excluding hydrogens is 302 g/mol. The second kappa shape index (κ2) is 5.54. The Morgan fingerprint density at radius 3 is 2.88 bits per heavy atom. The number of nitrogens with one attached hydrogen (secondary N) is 1. The molecule has 2 saturated heterocycles. The van der Waals surface area contributed by atoms with Gasteiger partial charge in [0.05, 0.1) is 19.3 Å². The lowest BCUT2D eigenvalue weighted by molar-refractivity contribution is -0.174. The topological polar surface area (TPSA) is 50.7 Å². The van der Waals surface area contributed by atoms with E-state index >= 15 is 0 Å². The molecule has 134 valence electrons. The van der Waals surface area contributed by atoms with Crippen LogP contribution in [0.2, 0.25) is 0 Å². The number of allylic oxidation sites excluding steroid dienone is 1. The van der Waals surface area contributed by atoms with Gasteiger partial charge in [0.15, 0.2) is 5.79 Å². The highest BCUT2D eigenvalue weighted by Crippen LogP contribution is 2.57. The third-order valence-electron chi connectivity index (χ3n) is 8.14. The van der Waals surface area contributed by atoms with Gasteiger partial charge < -0.3 is 19.9 Å². The quantitative estimate of drug-likeness (QED) is 0.724. The fourth-order valence-electron chi connectivity index (χ4n) is 6.89. The van der Waals surface area contributed by atoms with Crippen molar-refractivity contribution in [2.45, 2.75) is 69.8 Å². The average Bonchev–Trinajstić information content (AvgIpc) is 3.19. The predicted molar refractivity (Wildman–Crippen MR) is 91.4 cm³/mol. The highest BCUT2D eigenvalue weighted by atomic mass is 16.7. The van der Waals surface area contributed by atoms with Crippen molar-refractivity contribution in [3.05, 3.63) is 11.6 Å². The second-order valence-electron chi connectivity index (χ2n) is 8.80. The molecule has 24 heavy (non-hydrogen) atoms. The summed E-state index contributed by atoms with van der Waals surface area (Å²) in [4.78, 5) is 0. The molecule has 4 heteroatoms. The molecule has 6 atom stereocenters. The molecule has 5 rings (SSSR count). The van der Waals surface area contributed by atoms with Gasteiger partial charge in [-0.3, -0.25) is 0 Å². The van der Waals surface area contributed by atoms with Crippen LogP contribution in [-0.2, 0) is 9.47 Å². The van der Waals surface area contributed by atoms with Crippen molar-refractivity contribution in [1.29, 1.82) is 0 Å². The summed E-state index contributed by atoms with van der Waals surface area (Å²) in [6.07, 6.45) is 10.0. The fourth-order valence-corrected chi connectivity index (χ4v) is 6.89. The number of fused-ring (bicyclic) bond motifs is 5. The Labute approximate surface area is 145 Å². The second-order valence-corrected chi connectivity index (χ2v) is 8.80. The van der Waals surface area contributed by atoms with Crippen LogP contribution in [-0.4, -0.2) is 42.8 Å². The Morgan fingerprint density at radius 1 is 1.25 bits per heavy atom. The molecule has 5 aliphatic rings. The van der Waals surface area contributed by atoms with Crippen molar-refractivity contribution in [1.82, 2.24) is 5.32 Å². The maximum Gasteiger partial charge on any atom is 0.172 e. The molecule has 2 heterocycles. The molecule has 3 aliphatic carbocycles. The molecule has 2 saturated carbocycles. The Morgan fingerprint density at radius 2 is 2.08 bits per heavy atom. The molecule has 0 radical (unpaired) electrons. The van der Waals surface area contributed by atoms with Gasteiger partial charge in [-0.1, -0.05) is 18.6 Å². The summed E-state index contributed by atoms with van der Waals surface area (Å²) in [5.74, 6) is 1.73. The lowest BCUT2D eigenvalue weighted by Gasteiger charge is -2.55. The predicted octanol–water partition coefficient (Wildman–Crippen LogP) is 2.62. The van der Waals surface area contributed by atoms with Crippen LogP contribution in [0.15, 0.2) is 11.6 Å². The Balaban J connectivity index is 1.41. The van der Waals surface area contributed by atoms with E-state index in [0.717, 1.165) is 45.4 Å². The molecule has 2 aliphatic heterocycles. The molecule has 0 aromatic rings. The Hall–Kier alpha value is -0.420. The maximum absolute atomic E-state index is 10.6. The van der Waals surface area contributed by atoms with E-state index in [-0.39, 0.29) is 17.3 Å². The number of hydrogen-bond donors (Lipinski definition) is 2. The van der Waals surface area contributed by atoms with Gasteiger partial charge in [-0.15, -0.1) is 0 Å². The number of rotatable bonds is 1. The number of hydrogen-bond acceptors (Lipinski definition) is 4. The lowest BCUT2D eigenvalue weighted by Crippen LogP contribution is -2.61. The fraction of sp³-hybridized carbons (Fsp3) is 0.900. The van der Waals surface area contributed by atoms with Crippen LogP contribution >= 0.6 is 0 Å². The van der Waals surface area contributed by atoms with E-state index in [1.54, 1.807) is 5.57 Å². The molecule has 0 amide bonds. The average molecular weight is 333 g/mol. The molecular formula is C20H31NO3. The molecule has 0 bridgehead atoms. The van der Waals surface area contributed by atoms with Crippen LogP contribution in [0.4, 0.5) is 0 Å². The minimum atomic E-state index is -0.305. The van der Waals surface area contributed by atoms with E-state index in [1.165, 1.54) is 19.3 Å². The number of ether oxygens (including phenoxy) is 2. The van der Waals surface area contributed by atoms with Crippen LogP contribution in [0, 0.1) is 23.2 Å². The van der Waals surface area contributed by atoms with Gasteiger partial charge in [-0.05, 0) is 49.9 Å². The molecule has 4 fully saturated rings. The molecule has 4 nitrogen and oxygen atoms in total. The highest BCUT2D eigenvalue weighted by Gasteiger charge is 2.58. The van der Waals surface area contributed by atoms with Crippen molar-refractivity contribution in [2.75, 3.05) is 19.8 Å². The van der Waals surface area contributed by atoms with Crippen LogP contribution in [0.1, 0.15) is 51.9 Å². The molecule has 0 aromatic heterocycles. The van der Waals surface area contributed by atoms with Crippen LogP contribution in [0.3, 0.4) is 0 Å². The van der Waals surface area contributed by atoms with Gasteiger partial charge in [-0.25, -0.2) is 0 Å². The number of aliphatic hydroxyl groups excluding tert-OH is 1. The summed E-state index contributed by atoms with van der Waals surface area (Å²) in [5, 5.41) is 14.6. The van der Waals surface area contributed by atoms with Gasteiger partial charge in [0.1, 0.15) is 0 Å². The van der Waals surface area contributed by atoms with Crippen LogP contribution in [0.25, 0.3) is 0 Å². The maximum atomic E-state index is 10.6. The summed E-state index contributed by atoms with van der Waals surface area (Å²) in [5.41, 5.74) is 1.69. The zero-order valence-corrected chi connectivity index (χ0v) is 14.8. The van der Waals surface area contributed by atoms with Crippen LogP contribution < -0.4 is 5.32 Å². The first-order valence-electron chi connectivity index (χ1n) is 10.1. The normalized spacial score (nSPS) is 49.4. The van der Waals surface area contributed by atoms with Crippen molar-refractivity contribution in [3.63, 3.8) is 0 Å². The Kier molecular flexibility index (Phi) is 3.65. The number of piperidine rings is 1. The lowest BCUT2D eigenvalue weighted by atomic mass is 9.57. The van der Waals surface area contributed by atoms with Gasteiger partial charge in [-0.2, -0.15) is 0 Å².